The highest BCUT2D eigenvalue weighted by Crippen LogP contribution is 2.40. The van der Waals surface area contributed by atoms with Gasteiger partial charge in [-0.25, -0.2) is 0 Å². The second kappa shape index (κ2) is 5.90. The first-order valence-electron chi connectivity index (χ1n) is 7.16. The lowest BCUT2D eigenvalue weighted by Gasteiger charge is -2.40. The Morgan fingerprint density at radius 1 is 1.40 bits per heavy atom. The number of rotatable bonds is 5. The highest BCUT2D eigenvalue weighted by molar-refractivity contribution is 6.74. The summed E-state index contributed by atoms with van der Waals surface area (Å²) in [5.74, 6) is -0.651. The van der Waals surface area contributed by atoms with Crippen LogP contribution in [0.4, 0.5) is 0 Å². The third-order valence-corrected chi connectivity index (χ3v) is 9.16. The molecule has 0 saturated heterocycles. The molecular weight excluding hydrogens is 272 g/mol. The largest absolute Gasteiger partial charge is 0.492 e. The van der Waals surface area contributed by atoms with Gasteiger partial charge in [0.05, 0.1) is 20.0 Å². The number of carbonyl (C=O) groups is 1. The zero-order chi connectivity index (χ0) is 15.6. The zero-order valence-electron chi connectivity index (χ0n) is 13.8. The van der Waals surface area contributed by atoms with Gasteiger partial charge in [0.25, 0.3) is 0 Å². The van der Waals surface area contributed by atoms with Gasteiger partial charge in [0.2, 0.25) is 0 Å². The summed E-state index contributed by atoms with van der Waals surface area (Å²) in [6.07, 6.45) is 4.07. The number of ether oxygens (including phenoxy) is 2. The quantitative estimate of drug-likeness (QED) is 0.576. The Morgan fingerprint density at radius 2 is 2.00 bits per heavy atom. The molecule has 116 valence electrons. The molecule has 0 N–H and O–H groups in total. The van der Waals surface area contributed by atoms with Gasteiger partial charge in [-0.3, -0.25) is 4.79 Å². The van der Waals surface area contributed by atoms with Crippen LogP contribution in [0, 0.1) is 5.92 Å². The van der Waals surface area contributed by atoms with E-state index in [1.807, 2.05) is 6.92 Å². The number of esters is 1. The number of hydrogen-bond donors (Lipinski definition) is 0. The molecule has 0 aromatic heterocycles. The van der Waals surface area contributed by atoms with Gasteiger partial charge >= 0.3 is 5.97 Å². The molecule has 0 unspecified atom stereocenters. The van der Waals surface area contributed by atoms with E-state index in [9.17, 15) is 4.79 Å². The predicted octanol–water partition coefficient (Wildman–Crippen LogP) is 3.49. The van der Waals surface area contributed by atoms with Gasteiger partial charge in [0, 0.05) is 0 Å². The lowest BCUT2D eigenvalue weighted by molar-refractivity contribution is -0.152. The second-order valence-corrected chi connectivity index (χ2v) is 11.7. The first-order valence-corrected chi connectivity index (χ1v) is 10.1. The first-order chi connectivity index (χ1) is 9.09. The topological polar surface area (TPSA) is 44.8 Å². The van der Waals surface area contributed by atoms with E-state index in [1.54, 1.807) is 12.3 Å². The Labute approximate surface area is 123 Å². The maximum Gasteiger partial charge on any atom is 0.316 e. The monoisotopic (exact) mass is 300 g/mol. The number of hydrogen-bond acceptors (Lipinski definition) is 4. The fourth-order valence-electron chi connectivity index (χ4n) is 1.97. The highest BCUT2D eigenvalue weighted by atomic mass is 28.4. The molecule has 0 aromatic rings. The third kappa shape index (κ3) is 3.26. The predicted molar refractivity (Wildman–Crippen MR) is 81.9 cm³/mol. The van der Waals surface area contributed by atoms with Gasteiger partial charge in [0.15, 0.2) is 8.32 Å². The van der Waals surface area contributed by atoms with Crippen LogP contribution in [0.5, 0.6) is 0 Å². The molecule has 1 heterocycles. The van der Waals surface area contributed by atoms with Gasteiger partial charge in [-0.15, -0.1) is 0 Å². The van der Waals surface area contributed by atoms with Gasteiger partial charge in [-0.2, -0.15) is 0 Å². The van der Waals surface area contributed by atoms with Crippen molar-refractivity contribution in [3.05, 3.63) is 12.3 Å². The normalized spacial score (nSPS) is 26.4. The van der Waals surface area contributed by atoms with Gasteiger partial charge in [-0.05, 0) is 30.6 Å². The van der Waals surface area contributed by atoms with Crippen molar-refractivity contribution in [2.45, 2.75) is 57.8 Å². The van der Waals surface area contributed by atoms with E-state index < -0.39 is 13.9 Å². The zero-order valence-corrected chi connectivity index (χ0v) is 14.8. The SMILES string of the molecule is CC[C@]1(CO[Si](C)(C)C(C)(C)C)OC=C[C@H]1C(=O)OC. The average Bonchev–Trinajstić information content (AvgIpc) is 2.78. The van der Waals surface area contributed by atoms with Crippen molar-refractivity contribution in [3.8, 4) is 0 Å². The van der Waals surface area contributed by atoms with Crippen LogP contribution in [0.15, 0.2) is 12.3 Å². The van der Waals surface area contributed by atoms with Gasteiger partial charge < -0.3 is 13.9 Å². The molecule has 1 aliphatic heterocycles. The van der Waals surface area contributed by atoms with E-state index in [0.29, 0.717) is 13.0 Å². The van der Waals surface area contributed by atoms with Crippen LogP contribution in [0.25, 0.3) is 0 Å². The molecule has 1 rings (SSSR count). The molecule has 0 aliphatic carbocycles. The van der Waals surface area contributed by atoms with E-state index in [1.165, 1.54) is 7.11 Å². The Morgan fingerprint density at radius 3 is 2.45 bits per heavy atom. The van der Waals surface area contributed by atoms with Crippen LogP contribution in [0.3, 0.4) is 0 Å². The van der Waals surface area contributed by atoms with E-state index in [4.69, 9.17) is 13.9 Å². The van der Waals surface area contributed by atoms with Crippen LogP contribution in [0.2, 0.25) is 18.1 Å². The molecule has 5 heteroatoms. The van der Waals surface area contributed by atoms with E-state index in [0.717, 1.165) is 0 Å². The summed E-state index contributed by atoms with van der Waals surface area (Å²) >= 11 is 0. The molecule has 0 amide bonds. The van der Waals surface area contributed by atoms with Crippen LogP contribution < -0.4 is 0 Å². The van der Waals surface area contributed by atoms with Crippen molar-refractivity contribution < 1.29 is 18.7 Å². The smallest absolute Gasteiger partial charge is 0.316 e. The highest BCUT2D eigenvalue weighted by Gasteiger charge is 2.48. The minimum Gasteiger partial charge on any atom is -0.492 e. The van der Waals surface area contributed by atoms with Crippen molar-refractivity contribution >= 4 is 14.3 Å². The van der Waals surface area contributed by atoms with Crippen molar-refractivity contribution in [2.75, 3.05) is 13.7 Å². The number of carbonyl (C=O) groups excluding carboxylic acids is 1. The molecule has 20 heavy (non-hydrogen) atoms. The number of methoxy groups -OCH3 is 1. The Kier molecular flexibility index (Phi) is 5.08. The third-order valence-electron chi connectivity index (χ3n) is 4.68. The molecule has 0 radical (unpaired) electrons. The summed E-state index contributed by atoms with van der Waals surface area (Å²) in [6, 6.07) is 0. The van der Waals surface area contributed by atoms with Crippen LogP contribution in [0.1, 0.15) is 34.1 Å². The minimum atomic E-state index is -1.87. The molecule has 0 bridgehead atoms. The minimum absolute atomic E-state index is 0.134. The second-order valence-electron chi connectivity index (χ2n) is 6.91. The average molecular weight is 300 g/mol. The van der Waals surface area contributed by atoms with Gasteiger partial charge in [0.1, 0.15) is 11.5 Å². The molecule has 0 aromatic carbocycles. The van der Waals surface area contributed by atoms with Gasteiger partial charge in [-0.1, -0.05) is 27.7 Å². The Balaban J connectivity index is 2.84. The van der Waals surface area contributed by atoms with Crippen LogP contribution in [-0.4, -0.2) is 33.6 Å². The Hall–Kier alpha value is -0.813. The molecule has 0 fully saturated rings. The molecule has 2 atom stereocenters. The molecule has 1 aliphatic rings. The van der Waals surface area contributed by atoms with Crippen molar-refractivity contribution in [1.82, 2.24) is 0 Å². The summed E-state index contributed by atoms with van der Waals surface area (Å²) < 4.78 is 16.9. The fraction of sp³-hybridized carbons (Fsp3) is 0.800. The van der Waals surface area contributed by atoms with Crippen molar-refractivity contribution in [2.24, 2.45) is 5.92 Å². The molecule has 0 saturated carbocycles. The summed E-state index contributed by atoms with van der Waals surface area (Å²) in [7, 11) is -0.464. The maximum absolute atomic E-state index is 11.9. The standard InChI is InChI=1S/C15H28O4Si/c1-8-15(11-19-20(6,7)14(2,3)4)12(9-10-18-15)13(16)17-5/h9-10,12H,8,11H2,1-7H3/t12-,15+/m0/s1. The molecular formula is C15H28O4Si. The van der Waals surface area contributed by atoms with Crippen molar-refractivity contribution in [1.29, 1.82) is 0 Å². The maximum atomic E-state index is 11.9. The van der Waals surface area contributed by atoms with E-state index in [2.05, 4.69) is 33.9 Å². The van der Waals surface area contributed by atoms with Crippen LogP contribution in [-0.2, 0) is 18.7 Å². The lowest BCUT2D eigenvalue weighted by Crippen LogP contribution is -2.50. The molecule has 4 nitrogen and oxygen atoms in total. The van der Waals surface area contributed by atoms with E-state index in [-0.39, 0.29) is 16.9 Å². The van der Waals surface area contributed by atoms with Crippen LogP contribution >= 0.6 is 0 Å². The lowest BCUT2D eigenvalue weighted by atomic mass is 9.87. The summed E-state index contributed by atoms with van der Waals surface area (Å²) in [5, 5.41) is 0.134. The fourth-order valence-corrected chi connectivity index (χ4v) is 3.01. The Bertz CT molecular complexity index is 384. The van der Waals surface area contributed by atoms with E-state index >= 15 is 0 Å². The summed E-state index contributed by atoms with van der Waals surface area (Å²) in [6.45, 7) is 13.4. The summed E-state index contributed by atoms with van der Waals surface area (Å²) in [4.78, 5) is 11.9. The van der Waals surface area contributed by atoms with Crippen molar-refractivity contribution in [3.63, 3.8) is 0 Å². The first kappa shape index (κ1) is 17.2. The molecule has 0 spiro atoms. The summed E-state index contributed by atoms with van der Waals surface area (Å²) in [5.41, 5.74) is -0.622.